The third kappa shape index (κ3) is 6.10. The van der Waals surface area contributed by atoms with E-state index in [4.69, 9.17) is 14.2 Å². The number of aromatic nitrogens is 3. The SMILES string of the molecule is COc1cc(C=NNC(=O)CSc2nnc(-c3ccc(C)cc3)n2-c2ccccc2)cc(OC)c1OC. The lowest BCUT2D eigenvalue weighted by molar-refractivity contribution is -0.118. The molecule has 0 aliphatic carbocycles. The number of hydrogen-bond acceptors (Lipinski definition) is 8. The lowest BCUT2D eigenvalue weighted by Crippen LogP contribution is -2.20. The number of carbonyl (C=O) groups excluding carboxylic acids is 1. The van der Waals surface area contributed by atoms with Crippen molar-refractivity contribution < 1.29 is 19.0 Å². The van der Waals surface area contributed by atoms with E-state index in [1.165, 1.54) is 39.3 Å². The van der Waals surface area contributed by atoms with Gasteiger partial charge in [0.1, 0.15) is 0 Å². The van der Waals surface area contributed by atoms with Gasteiger partial charge in [-0.15, -0.1) is 10.2 Å². The molecule has 0 fully saturated rings. The molecule has 0 saturated carbocycles. The summed E-state index contributed by atoms with van der Waals surface area (Å²) in [5.74, 6) is 1.99. The standard InChI is InChI=1S/C27H27N5O4S/c1-18-10-12-20(13-11-18)26-30-31-27(32(26)21-8-6-5-7-9-21)37-17-24(33)29-28-16-19-14-22(34-2)25(36-4)23(15-19)35-3/h5-16H,17H2,1-4H3,(H,29,33). The summed E-state index contributed by atoms with van der Waals surface area (Å²) in [5.41, 5.74) is 6.23. The van der Waals surface area contributed by atoms with E-state index in [9.17, 15) is 4.79 Å². The third-order valence-electron chi connectivity index (χ3n) is 5.38. The van der Waals surface area contributed by atoms with Crippen LogP contribution in [-0.4, -0.2) is 54.0 Å². The van der Waals surface area contributed by atoms with Crippen molar-refractivity contribution in [2.75, 3.05) is 27.1 Å². The van der Waals surface area contributed by atoms with Crippen LogP contribution in [0.2, 0.25) is 0 Å². The minimum Gasteiger partial charge on any atom is -0.493 e. The quantitative estimate of drug-likeness (QED) is 0.188. The molecular weight excluding hydrogens is 490 g/mol. The highest BCUT2D eigenvalue weighted by Crippen LogP contribution is 2.37. The first-order valence-electron chi connectivity index (χ1n) is 11.4. The summed E-state index contributed by atoms with van der Waals surface area (Å²) >= 11 is 1.28. The Morgan fingerprint density at radius 2 is 1.65 bits per heavy atom. The van der Waals surface area contributed by atoms with Crippen molar-refractivity contribution >= 4 is 23.9 Å². The summed E-state index contributed by atoms with van der Waals surface area (Å²) in [5, 5.41) is 13.5. The second kappa shape index (κ2) is 12.1. The van der Waals surface area contributed by atoms with Crippen LogP contribution >= 0.6 is 11.8 Å². The molecule has 0 radical (unpaired) electrons. The van der Waals surface area contributed by atoms with Crippen LogP contribution in [0, 0.1) is 6.92 Å². The van der Waals surface area contributed by atoms with Crippen LogP contribution in [-0.2, 0) is 4.79 Å². The summed E-state index contributed by atoms with van der Waals surface area (Å²) in [6, 6.07) is 21.4. The second-order valence-corrected chi connectivity index (χ2v) is 8.83. The van der Waals surface area contributed by atoms with E-state index >= 15 is 0 Å². The van der Waals surface area contributed by atoms with Gasteiger partial charge in [-0.25, -0.2) is 5.43 Å². The molecule has 0 spiro atoms. The van der Waals surface area contributed by atoms with Crippen LogP contribution < -0.4 is 19.6 Å². The molecule has 0 aliphatic heterocycles. The number of hydrazone groups is 1. The van der Waals surface area contributed by atoms with Crippen molar-refractivity contribution in [1.29, 1.82) is 0 Å². The highest BCUT2D eigenvalue weighted by Gasteiger charge is 2.17. The van der Waals surface area contributed by atoms with Crippen molar-refractivity contribution in [3.8, 4) is 34.3 Å². The Bertz CT molecular complexity index is 1360. The minimum absolute atomic E-state index is 0.103. The Morgan fingerprint density at radius 3 is 2.27 bits per heavy atom. The van der Waals surface area contributed by atoms with Gasteiger partial charge in [0.25, 0.3) is 5.91 Å². The highest BCUT2D eigenvalue weighted by atomic mass is 32.2. The number of nitrogens with zero attached hydrogens (tertiary/aromatic N) is 4. The number of aryl methyl sites for hydroxylation is 1. The van der Waals surface area contributed by atoms with Gasteiger partial charge in [-0.1, -0.05) is 59.8 Å². The average Bonchev–Trinajstić information content (AvgIpc) is 3.36. The molecule has 37 heavy (non-hydrogen) atoms. The lowest BCUT2D eigenvalue weighted by atomic mass is 10.1. The van der Waals surface area contributed by atoms with Gasteiger partial charge in [-0.05, 0) is 31.2 Å². The summed E-state index contributed by atoms with van der Waals surface area (Å²) < 4.78 is 18.0. The number of para-hydroxylation sites is 1. The molecule has 3 aromatic carbocycles. The maximum atomic E-state index is 12.5. The summed E-state index contributed by atoms with van der Waals surface area (Å²) in [7, 11) is 4.61. The molecule has 1 amide bonds. The third-order valence-corrected chi connectivity index (χ3v) is 6.31. The normalized spacial score (nSPS) is 10.9. The molecule has 10 heteroatoms. The van der Waals surface area contributed by atoms with Crippen molar-refractivity contribution in [2.24, 2.45) is 5.10 Å². The van der Waals surface area contributed by atoms with Crippen LogP contribution in [0.3, 0.4) is 0 Å². The molecule has 0 aliphatic rings. The molecule has 1 aromatic heterocycles. The van der Waals surface area contributed by atoms with Crippen molar-refractivity contribution in [3.63, 3.8) is 0 Å². The molecule has 1 heterocycles. The number of ether oxygens (including phenoxy) is 3. The summed E-state index contributed by atoms with van der Waals surface area (Å²) in [6.45, 7) is 2.04. The van der Waals surface area contributed by atoms with Crippen molar-refractivity contribution in [1.82, 2.24) is 20.2 Å². The molecule has 4 rings (SSSR count). The Balaban J connectivity index is 1.47. The van der Waals surface area contributed by atoms with Crippen LogP contribution in [0.15, 0.2) is 77.0 Å². The number of methoxy groups -OCH3 is 3. The van der Waals surface area contributed by atoms with Gasteiger partial charge in [0.2, 0.25) is 5.75 Å². The van der Waals surface area contributed by atoms with Gasteiger partial charge in [-0.3, -0.25) is 9.36 Å². The van der Waals surface area contributed by atoms with E-state index in [2.05, 4.69) is 20.7 Å². The largest absolute Gasteiger partial charge is 0.493 e. The van der Waals surface area contributed by atoms with E-state index in [1.807, 2.05) is 66.1 Å². The molecule has 190 valence electrons. The number of benzene rings is 3. The first kappa shape index (κ1) is 25.8. The number of nitrogens with one attached hydrogen (secondary N) is 1. The van der Waals surface area contributed by atoms with E-state index < -0.39 is 0 Å². The Kier molecular flexibility index (Phi) is 8.42. The van der Waals surface area contributed by atoms with E-state index in [-0.39, 0.29) is 11.7 Å². The Labute approximate surface area is 219 Å². The molecule has 0 bridgehead atoms. The fourth-order valence-electron chi connectivity index (χ4n) is 3.58. The molecule has 1 N–H and O–H groups in total. The van der Waals surface area contributed by atoms with E-state index in [1.54, 1.807) is 12.1 Å². The zero-order valence-electron chi connectivity index (χ0n) is 21.0. The molecule has 0 saturated heterocycles. The molecule has 0 unspecified atom stereocenters. The number of amides is 1. The summed E-state index contributed by atoms with van der Waals surface area (Å²) in [6.07, 6.45) is 1.51. The van der Waals surface area contributed by atoms with Gasteiger partial charge >= 0.3 is 0 Å². The maximum Gasteiger partial charge on any atom is 0.250 e. The number of thioether (sulfide) groups is 1. The van der Waals surface area contributed by atoms with Gasteiger partial charge < -0.3 is 14.2 Å². The predicted octanol–water partition coefficient (Wildman–Crippen LogP) is 4.51. The van der Waals surface area contributed by atoms with Crippen LogP contribution in [0.5, 0.6) is 17.2 Å². The number of carbonyl (C=O) groups is 1. The first-order chi connectivity index (χ1) is 18.0. The van der Waals surface area contributed by atoms with Crippen LogP contribution in [0.1, 0.15) is 11.1 Å². The van der Waals surface area contributed by atoms with E-state index in [0.717, 1.165) is 16.8 Å². The van der Waals surface area contributed by atoms with Crippen LogP contribution in [0.25, 0.3) is 17.1 Å². The highest BCUT2D eigenvalue weighted by molar-refractivity contribution is 7.99. The topological polar surface area (TPSA) is 99.9 Å². The van der Waals surface area contributed by atoms with Gasteiger partial charge in [-0.2, -0.15) is 5.10 Å². The lowest BCUT2D eigenvalue weighted by Gasteiger charge is -2.12. The number of rotatable bonds is 10. The Morgan fingerprint density at radius 1 is 0.973 bits per heavy atom. The van der Waals surface area contributed by atoms with Crippen molar-refractivity contribution in [3.05, 3.63) is 77.9 Å². The van der Waals surface area contributed by atoms with Crippen LogP contribution in [0.4, 0.5) is 0 Å². The first-order valence-corrected chi connectivity index (χ1v) is 12.3. The minimum atomic E-state index is -0.284. The molecule has 0 atom stereocenters. The number of hydrogen-bond donors (Lipinski definition) is 1. The van der Waals surface area contributed by atoms with Gasteiger partial charge in [0, 0.05) is 16.8 Å². The second-order valence-electron chi connectivity index (χ2n) is 7.88. The zero-order valence-corrected chi connectivity index (χ0v) is 21.8. The average molecular weight is 518 g/mol. The fraction of sp³-hybridized carbons (Fsp3) is 0.185. The van der Waals surface area contributed by atoms with Gasteiger partial charge in [0.15, 0.2) is 22.5 Å². The molecule has 9 nitrogen and oxygen atoms in total. The van der Waals surface area contributed by atoms with Gasteiger partial charge in [0.05, 0.1) is 33.3 Å². The Hall–Kier alpha value is -4.31. The van der Waals surface area contributed by atoms with Crippen molar-refractivity contribution in [2.45, 2.75) is 12.1 Å². The molecular formula is C27H27N5O4S. The monoisotopic (exact) mass is 517 g/mol. The zero-order chi connectivity index (χ0) is 26.2. The smallest absolute Gasteiger partial charge is 0.250 e. The fourth-order valence-corrected chi connectivity index (χ4v) is 4.32. The maximum absolute atomic E-state index is 12.5. The molecule has 4 aromatic rings. The summed E-state index contributed by atoms with van der Waals surface area (Å²) in [4.78, 5) is 12.5. The predicted molar refractivity (Wildman–Crippen MR) is 144 cm³/mol. The van der Waals surface area contributed by atoms with E-state index in [0.29, 0.717) is 33.8 Å².